The Morgan fingerprint density at radius 2 is 1.73 bits per heavy atom. The summed E-state index contributed by atoms with van der Waals surface area (Å²) in [5.74, 6) is 0.301. The maximum absolute atomic E-state index is 11.3. The highest BCUT2D eigenvalue weighted by Crippen LogP contribution is 2.38. The molecule has 15 heavy (non-hydrogen) atoms. The molecule has 0 spiro atoms. The number of piperidine rings is 1. The Balaban J connectivity index is 2.51. The molecule has 0 bridgehead atoms. The molecule has 1 atom stereocenters. The van der Waals surface area contributed by atoms with E-state index >= 15 is 0 Å². The van der Waals surface area contributed by atoms with Gasteiger partial charge in [-0.05, 0) is 45.2 Å². The molecule has 1 rings (SSSR count). The Labute approximate surface area is 94.0 Å². The minimum atomic E-state index is 0.122. The van der Waals surface area contributed by atoms with E-state index < -0.39 is 0 Å². The predicted octanol–water partition coefficient (Wildman–Crippen LogP) is 2.87. The van der Waals surface area contributed by atoms with Crippen LogP contribution in [0.5, 0.6) is 0 Å². The van der Waals surface area contributed by atoms with Crippen LogP contribution in [0.3, 0.4) is 0 Å². The van der Waals surface area contributed by atoms with E-state index in [0.717, 1.165) is 13.1 Å². The van der Waals surface area contributed by atoms with Crippen LogP contribution in [-0.4, -0.2) is 29.8 Å². The van der Waals surface area contributed by atoms with Crippen LogP contribution in [0.25, 0.3) is 0 Å². The van der Waals surface area contributed by atoms with E-state index in [1.54, 1.807) is 6.92 Å². The fraction of sp³-hybridized carbons (Fsp3) is 0.923. The fourth-order valence-corrected chi connectivity index (χ4v) is 2.60. The molecule has 1 heterocycles. The fourth-order valence-electron chi connectivity index (χ4n) is 2.60. The van der Waals surface area contributed by atoms with Crippen LogP contribution in [0.1, 0.15) is 53.4 Å². The molecule has 0 amide bonds. The zero-order valence-corrected chi connectivity index (χ0v) is 10.7. The van der Waals surface area contributed by atoms with Crippen molar-refractivity contribution >= 4 is 5.78 Å². The summed E-state index contributed by atoms with van der Waals surface area (Å²) >= 11 is 0. The van der Waals surface area contributed by atoms with Crippen molar-refractivity contribution in [3.63, 3.8) is 0 Å². The van der Waals surface area contributed by atoms with Crippen molar-refractivity contribution in [2.75, 3.05) is 13.1 Å². The van der Waals surface area contributed by atoms with Gasteiger partial charge in [-0.1, -0.05) is 26.7 Å². The molecule has 0 radical (unpaired) electrons. The van der Waals surface area contributed by atoms with E-state index in [1.807, 2.05) is 6.92 Å². The molecule has 2 nitrogen and oxygen atoms in total. The first-order chi connectivity index (χ1) is 7.04. The van der Waals surface area contributed by atoms with Crippen LogP contribution >= 0.6 is 0 Å². The second-order valence-corrected chi connectivity index (χ2v) is 5.03. The second-order valence-electron chi connectivity index (χ2n) is 5.03. The summed E-state index contributed by atoms with van der Waals surface area (Å²) in [5.41, 5.74) is 0.563. The first-order valence-corrected chi connectivity index (χ1v) is 6.29. The van der Waals surface area contributed by atoms with Crippen molar-refractivity contribution in [3.8, 4) is 0 Å². The summed E-state index contributed by atoms with van der Waals surface area (Å²) in [6.45, 7) is 10.5. The third-order valence-electron chi connectivity index (χ3n) is 4.49. The van der Waals surface area contributed by atoms with Gasteiger partial charge in [0.15, 0.2) is 0 Å². The minimum Gasteiger partial charge on any atom is -0.298 e. The standard InChI is InChI=1S/C13H25NO/c1-5-13(6-2)7-9-14(10-8-13)11(3)12(4)15/h11H,5-10H2,1-4H3. The van der Waals surface area contributed by atoms with E-state index in [0.29, 0.717) is 11.2 Å². The Hall–Kier alpha value is -0.370. The van der Waals surface area contributed by atoms with Gasteiger partial charge < -0.3 is 0 Å². The smallest absolute Gasteiger partial charge is 0.146 e. The molecule has 0 saturated carbocycles. The number of carbonyl (C=O) groups is 1. The number of hydrogen-bond donors (Lipinski definition) is 0. The third kappa shape index (κ3) is 2.81. The Morgan fingerprint density at radius 3 is 2.07 bits per heavy atom. The number of nitrogens with zero attached hydrogens (tertiary/aromatic N) is 1. The summed E-state index contributed by atoms with van der Waals surface area (Å²) in [6, 6.07) is 0.122. The molecule has 1 aliphatic heterocycles. The van der Waals surface area contributed by atoms with E-state index in [9.17, 15) is 4.79 Å². The Morgan fingerprint density at radius 1 is 1.27 bits per heavy atom. The van der Waals surface area contributed by atoms with Crippen molar-refractivity contribution in [2.24, 2.45) is 5.41 Å². The molecule has 0 aliphatic carbocycles. The first-order valence-electron chi connectivity index (χ1n) is 6.29. The highest BCUT2D eigenvalue weighted by Gasteiger charge is 2.33. The average Bonchev–Trinajstić information content (AvgIpc) is 2.28. The molecule has 0 aromatic rings. The number of likely N-dealkylation sites (tertiary alicyclic amines) is 1. The van der Waals surface area contributed by atoms with Crippen LogP contribution in [0.2, 0.25) is 0 Å². The zero-order valence-electron chi connectivity index (χ0n) is 10.7. The SMILES string of the molecule is CCC1(CC)CCN(C(C)C(C)=O)CC1. The molecule has 2 heteroatoms. The van der Waals surface area contributed by atoms with E-state index in [1.165, 1.54) is 25.7 Å². The third-order valence-corrected chi connectivity index (χ3v) is 4.49. The predicted molar refractivity (Wildman–Crippen MR) is 64.0 cm³/mol. The van der Waals surface area contributed by atoms with Gasteiger partial charge in [-0.25, -0.2) is 0 Å². The summed E-state index contributed by atoms with van der Waals surface area (Å²) in [6.07, 6.45) is 5.09. The number of carbonyl (C=O) groups excluding carboxylic acids is 1. The van der Waals surface area contributed by atoms with E-state index in [2.05, 4.69) is 18.7 Å². The van der Waals surface area contributed by atoms with E-state index in [-0.39, 0.29) is 6.04 Å². The van der Waals surface area contributed by atoms with Gasteiger partial charge in [0, 0.05) is 0 Å². The topological polar surface area (TPSA) is 20.3 Å². The lowest BCUT2D eigenvalue weighted by Crippen LogP contribution is -2.46. The Bertz CT molecular complexity index is 211. The molecule has 88 valence electrons. The number of ketones is 1. The van der Waals surface area contributed by atoms with Gasteiger partial charge in [-0.3, -0.25) is 9.69 Å². The molecule has 0 aromatic carbocycles. The Kier molecular flexibility index (Phi) is 4.32. The van der Waals surface area contributed by atoms with Crippen LogP contribution in [0.15, 0.2) is 0 Å². The normalized spacial score (nSPS) is 23.7. The van der Waals surface area contributed by atoms with Crippen molar-refractivity contribution in [1.29, 1.82) is 0 Å². The summed E-state index contributed by atoms with van der Waals surface area (Å²) in [7, 11) is 0. The lowest BCUT2D eigenvalue weighted by molar-refractivity contribution is -0.122. The quantitative estimate of drug-likeness (QED) is 0.712. The summed E-state index contributed by atoms with van der Waals surface area (Å²) in [5, 5.41) is 0. The average molecular weight is 211 g/mol. The largest absolute Gasteiger partial charge is 0.298 e. The molecule has 1 aliphatic rings. The molecular formula is C13H25NO. The highest BCUT2D eigenvalue weighted by molar-refractivity contribution is 5.80. The number of rotatable bonds is 4. The van der Waals surface area contributed by atoms with Gasteiger partial charge in [-0.2, -0.15) is 0 Å². The lowest BCUT2D eigenvalue weighted by atomic mass is 9.74. The lowest BCUT2D eigenvalue weighted by Gasteiger charge is -2.42. The van der Waals surface area contributed by atoms with Crippen LogP contribution < -0.4 is 0 Å². The molecular weight excluding hydrogens is 186 g/mol. The number of hydrogen-bond acceptors (Lipinski definition) is 2. The maximum Gasteiger partial charge on any atom is 0.146 e. The van der Waals surface area contributed by atoms with Crippen LogP contribution in [-0.2, 0) is 4.79 Å². The molecule has 1 saturated heterocycles. The van der Waals surface area contributed by atoms with Gasteiger partial charge in [-0.15, -0.1) is 0 Å². The monoisotopic (exact) mass is 211 g/mol. The second kappa shape index (κ2) is 5.11. The molecule has 1 fully saturated rings. The van der Waals surface area contributed by atoms with Gasteiger partial charge in [0.05, 0.1) is 6.04 Å². The van der Waals surface area contributed by atoms with Gasteiger partial charge in [0.25, 0.3) is 0 Å². The van der Waals surface area contributed by atoms with Crippen molar-refractivity contribution in [3.05, 3.63) is 0 Å². The van der Waals surface area contributed by atoms with E-state index in [4.69, 9.17) is 0 Å². The van der Waals surface area contributed by atoms with Gasteiger partial charge in [0.1, 0.15) is 5.78 Å². The zero-order chi connectivity index (χ0) is 11.5. The number of Topliss-reactive ketones (excluding diaryl/α,β-unsaturated/α-hetero) is 1. The highest BCUT2D eigenvalue weighted by atomic mass is 16.1. The van der Waals surface area contributed by atoms with Gasteiger partial charge in [0.2, 0.25) is 0 Å². The molecule has 0 aromatic heterocycles. The first kappa shape index (κ1) is 12.7. The van der Waals surface area contributed by atoms with Crippen molar-refractivity contribution in [2.45, 2.75) is 59.4 Å². The maximum atomic E-state index is 11.3. The van der Waals surface area contributed by atoms with Crippen molar-refractivity contribution in [1.82, 2.24) is 4.90 Å². The van der Waals surface area contributed by atoms with Crippen LogP contribution in [0, 0.1) is 5.41 Å². The molecule has 0 N–H and O–H groups in total. The van der Waals surface area contributed by atoms with Crippen molar-refractivity contribution < 1.29 is 4.79 Å². The minimum absolute atomic E-state index is 0.122. The summed E-state index contributed by atoms with van der Waals surface area (Å²) in [4.78, 5) is 13.6. The van der Waals surface area contributed by atoms with Crippen LogP contribution in [0.4, 0.5) is 0 Å². The molecule has 1 unspecified atom stereocenters. The summed E-state index contributed by atoms with van der Waals surface area (Å²) < 4.78 is 0. The van der Waals surface area contributed by atoms with Gasteiger partial charge >= 0.3 is 0 Å².